The van der Waals surface area contributed by atoms with Crippen LogP contribution in [0, 0.1) is 0 Å². The van der Waals surface area contributed by atoms with Gasteiger partial charge < -0.3 is 14.4 Å². The Morgan fingerprint density at radius 2 is 1.82 bits per heavy atom. The van der Waals surface area contributed by atoms with E-state index in [0.29, 0.717) is 41.2 Å². The predicted molar refractivity (Wildman–Crippen MR) is 117 cm³/mol. The Morgan fingerprint density at radius 3 is 2.45 bits per heavy atom. The second-order valence-corrected chi connectivity index (χ2v) is 7.94. The van der Waals surface area contributed by atoms with Crippen molar-refractivity contribution in [2.75, 3.05) is 20.8 Å². The maximum absolute atomic E-state index is 13.5. The molecule has 0 aliphatic carbocycles. The fraction of sp³-hybridized carbons (Fsp3) is 0.250. The van der Waals surface area contributed by atoms with E-state index in [2.05, 4.69) is 4.98 Å². The van der Waals surface area contributed by atoms with Crippen LogP contribution in [0.2, 0.25) is 5.15 Å². The van der Waals surface area contributed by atoms with Gasteiger partial charge in [-0.05, 0) is 59.5 Å². The number of carbonyl (C=O) groups excluding carboxylic acids is 1. The number of ether oxygens (including phenoxy) is 2. The number of amides is 1. The molecule has 1 aliphatic rings. The number of halogens is 4. The second kappa shape index (κ2) is 8.94. The molecule has 1 unspecified atom stereocenters. The Kier molecular flexibility index (Phi) is 6.21. The highest BCUT2D eigenvalue weighted by atomic mass is 35.5. The molecule has 0 bridgehead atoms. The molecule has 1 aromatic heterocycles. The summed E-state index contributed by atoms with van der Waals surface area (Å²) in [5, 5.41) is 0.238. The lowest BCUT2D eigenvalue weighted by molar-refractivity contribution is -0.137. The molecule has 1 aliphatic heterocycles. The number of carbonyl (C=O) groups is 1. The van der Waals surface area contributed by atoms with E-state index < -0.39 is 17.8 Å². The lowest BCUT2D eigenvalue weighted by Gasteiger charge is -2.38. The van der Waals surface area contributed by atoms with Gasteiger partial charge in [-0.1, -0.05) is 23.7 Å². The van der Waals surface area contributed by atoms with E-state index in [-0.39, 0.29) is 11.1 Å². The third kappa shape index (κ3) is 4.48. The average molecular weight is 477 g/mol. The monoisotopic (exact) mass is 476 g/mol. The summed E-state index contributed by atoms with van der Waals surface area (Å²) < 4.78 is 51.2. The van der Waals surface area contributed by atoms with Crippen LogP contribution in [0.4, 0.5) is 13.2 Å². The number of benzene rings is 2. The number of pyridine rings is 1. The van der Waals surface area contributed by atoms with Crippen molar-refractivity contribution in [1.82, 2.24) is 9.88 Å². The van der Waals surface area contributed by atoms with Crippen molar-refractivity contribution in [2.24, 2.45) is 0 Å². The van der Waals surface area contributed by atoms with Crippen LogP contribution in [0.3, 0.4) is 0 Å². The molecule has 0 fully saturated rings. The summed E-state index contributed by atoms with van der Waals surface area (Å²) in [6.07, 6.45) is -2.66. The Morgan fingerprint density at radius 1 is 1.09 bits per heavy atom. The van der Waals surface area contributed by atoms with Crippen LogP contribution in [-0.2, 0) is 12.6 Å². The van der Waals surface area contributed by atoms with E-state index in [1.807, 2.05) is 0 Å². The normalized spacial score (nSPS) is 15.7. The molecule has 33 heavy (non-hydrogen) atoms. The van der Waals surface area contributed by atoms with Gasteiger partial charge in [0.15, 0.2) is 11.5 Å². The van der Waals surface area contributed by atoms with Crippen molar-refractivity contribution in [3.05, 3.63) is 87.7 Å². The highest BCUT2D eigenvalue weighted by molar-refractivity contribution is 6.29. The minimum atomic E-state index is -4.51. The van der Waals surface area contributed by atoms with Gasteiger partial charge >= 0.3 is 6.18 Å². The Hall–Kier alpha value is -3.26. The number of hydrogen-bond acceptors (Lipinski definition) is 4. The number of fused-ring (bicyclic) bond motifs is 1. The first kappa shape index (κ1) is 22.9. The second-order valence-electron chi connectivity index (χ2n) is 7.55. The van der Waals surface area contributed by atoms with E-state index in [1.54, 1.807) is 29.2 Å². The molecule has 0 saturated heterocycles. The SMILES string of the molecule is COc1cc2c(cc1OC)C(c1cccc(C(F)(F)F)c1)N(C(=O)c1ccc(Cl)nc1)CC2. The van der Waals surface area contributed by atoms with E-state index >= 15 is 0 Å². The summed E-state index contributed by atoms with van der Waals surface area (Å²) >= 11 is 5.85. The molecular formula is C24H20ClF3N2O3. The highest BCUT2D eigenvalue weighted by Crippen LogP contribution is 2.42. The number of rotatable bonds is 4. The molecule has 2 heterocycles. The Balaban J connectivity index is 1.88. The highest BCUT2D eigenvalue weighted by Gasteiger charge is 2.36. The Bertz CT molecular complexity index is 1180. The molecule has 2 aromatic carbocycles. The first-order valence-corrected chi connectivity index (χ1v) is 10.4. The number of aromatic nitrogens is 1. The maximum atomic E-state index is 13.5. The third-order valence-electron chi connectivity index (χ3n) is 5.64. The predicted octanol–water partition coefficient (Wildman–Crippen LogP) is 5.56. The van der Waals surface area contributed by atoms with Gasteiger partial charge in [0.1, 0.15) is 5.15 Å². The number of alkyl halides is 3. The molecule has 3 aromatic rings. The molecule has 4 rings (SSSR count). The molecular weight excluding hydrogens is 457 g/mol. The van der Waals surface area contributed by atoms with Crippen LogP contribution in [-0.4, -0.2) is 36.6 Å². The van der Waals surface area contributed by atoms with Gasteiger partial charge in [0.25, 0.3) is 5.91 Å². The molecule has 9 heteroatoms. The van der Waals surface area contributed by atoms with Crippen molar-refractivity contribution < 1.29 is 27.4 Å². The van der Waals surface area contributed by atoms with E-state index in [9.17, 15) is 18.0 Å². The van der Waals surface area contributed by atoms with Crippen LogP contribution < -0.4 is 9.47 Å². The fourth-order valence-corrected chi connectivity index (χ4v) is 4.19. The van der Waals surface area contributed by atoms with Crippen molar-refractivity contribution >= 4 is 17.5 Å². The van der Waals surface area contributed by atoms with E-state index in [0.717, 1.165) is 17.7 Å². The van der Waals surface area contributed by atoms with Crippen molar-refractivity contribution in [3.8, 4) is 11.5 Å². The summed E-state index contributed by atoms with van der Waals surface area (Å²) in [6.45, 7) is 0.296. The quantitative estimate of drug-likeness (QED) is 0.463. The van der Waals surface area contributed by atoms with Crippen LogP contribution >= 0.6 is 11.6 Å². The topological polar surface area (TPSA) is 51.7 Å². The molecule has 0 radical (unpaired) electrons. The zero-order valence-electron chi connectivity index (χ0n) is 17.8. The van der Waals surface area contributed by atoms with Crippen LogP contribution in [0.1, 0.15) is 38.7 Å². The largest absolute Gasteiger partial charge is 0.493 e. The number of methoxy groups -OCH3 is 2. The molecule has 0 spiro atoms. The summed E-state index contributed by atoms with van der Waals surface area (Å²) in [7, 11) is 3.00. The van der Waals surface area contributed by atoms with Crippen molar-refractivity contribution in [2.45, 2.75) is 18.6 Å². The van der Waals surface area contributed by atoms with Gasteiger partial charge in [-0.3, -0.25) is 4.79 Å². The summed E-state index contributed by atoms with van der Waals surface area (Å²) in [5.41, 5.74) is 1.39. The standard InChI is InChI=1S/C24H20ClF3N2O3/c1-32-19-11-14-8-9-30(23(31)16-6-7-21(25)29-13-16)22(18(14)12-20(19)33-2)15-4-3-5-17(10-15)24(26,27)28/h3-7,10-13,22H,8-9H2,1-2H3. The van der Waals surface area contributed by atoms with Gasteiger partial charge in [0.05, 0.1) is 31.4 Å². The smallest absolute Gasteiger partial charge is 0.416 e. The fourth-order valence-electron chi connectivity index (χ4n) is 4.08. The van der Waals surface area contributed by atoms with E-state index in [4.69, 9.17) is 21.1 Å². The van der Waals surface area contributed by atoms with Gasteiger partial charge in [-0.15, -0.1) is 0 Å². The lowest BCUT2D eigenvalue weighted by Crippen LogP contribution is -2.40. The molecule has 172 valence electrons. The molecule has 0 saturated carbocycles. The average Bonchev–Trinajstić information content (AvgIpc) is 2.82. The molecule has 1 amide bonds. The van der Waals surface area contributed by atoms with Gasteiger partial charge in [0.2, 0.25) is 0 Å². The van der Waals surface area contributed by atoms with Gasteiger partial charge in [-0.2, -0.15) is 13.2 Å². The molecule has 0 N–H and O–H groups in total. The third-order valence-corrected chi connectivity index (χ3v) is 5.86. The minimum Gasteiger partial charge on any atom is -0.493 e. The van der Waals surface area contributed by atoms with E-state index in [1.165, 1.54) is 32.5 Å². The number of hydrogen-bond donors (Lipinski definition) is 0. The molecule has 1 atom stereocenters. The minimum absolute atomic E-state index is 0.238. The maximum Gasteiger partial charge on any atom is 0.416 e. The zero-order chi connectivity index (χ0) is 23.8. The zero-order valence-corrected chi connectivity index (χ0v) is 18.6. The number of nitrogens with zero attached hydrogens (tertiary/aromatic N) is 2. The van der Waals surface area contributed by atoms with Crippen molar-refractivity contribution in [3.63, 3.8) is 0 Å². The van der Waals surface area contributed by atoms with Crippen LogP contribution in [0.15, 0.2) is 54.7 Å². The van der Waals surface area contributed by atoms with Gasteiger partial charge in [0, 0.05) is 12.7 Å². The van der Waals surface area contributed by atoms with Gasteiger partial charge in [-0.25, -0.2) is 4.98 Å². The summed E-state index contributed by atoms with van der Waals surface area (Å²) in [5.74, 6) is 0.582. The lowest BCUT2D eigenvalue weighted by atomic mass is 9.86. The van der Waals surface area contributed by atoms with Crippen LogP contribution in [0.5, 0.6) is 11.5 Å². The summed E-state index contributed by atoms with van der Waals surface area (Å²) in [6, 6.07) is 10.8. The van der Waals surface area contributed by atoms with Crippen molar-refractivity contribution in [1.29, 1.82) is 0 Å². The Labute approximate surface area is 193 Å². The summed E-state index contributed by atoms with van der Waals surface area (Å²) in [4.78, 5) is 18.9. The van der Waals surface area contributed by atoms with Crippen LogP contribution in [0.25, 0.3) is 0 Å². The molecule has 5 nitrogen and oxygen atoms in total. The first-order valence-electron chi connectivity index (χ1n) is 10.1. The first-order chi connectivity index (χ1) is 15.7.